The lowest BCUT2D eigenvalue weighted by Crippen LogP contribution is -2.43. The summed E-state index contributed by atoms with van der Waals surface area (Å²) >= 11 is 0. The number of rotatable bonds is 7. The minimum absolute atomic E-state index is 0.0964. The predicted molar refractivity (Wildman–Crippen MR) is 79.5 cm³/mol. The molecule has 1 N–H and O–H groups in total. The van der Waals surface area contributed by atoms with Gasteiger partial charge in [-0.25, -0.2) is 0 Å². The van der Waals surface area contributed by atoms with E-state index in [1.165, 1.54) is 11.6 Å². The van der Waals surface area contributed by atoms with E-state index in [0.29, 0.717) is 0 Å². The van der Waals surface area contributed by atoms with Crippen LogP contribution in [0.4, 0.5) is 0 Å². The van der Waals surface area contributed by atoms with Gasteiger partial charge in [0.05, 0.1) is 20.6 Å². The van der Waals surface area contributed by atoms with Crippen LogP contribution >= 0.6 is 0 Å². The second-order valence-corrected chi connectivity index (χ2v) is 5.71. The smallest absolute Gasteiger partial charge is 0.243 e. The molecule has 0 fully saturated rings. The maximum absolute atomic E-state index is 11.2. The maximum Gasteiger partial charge on any atom is 0.243 e. The Labute approximate surface area is 116 Å². The fourth-order valence-electron chi connectivity index (χ4n) is 2.07. The van der Waals surface area contributed by atoms with Crippen molar-refractivity contribution >= 4 is 5.91 Å². The molecule has 3 nitrogen and oxygen atoms in total. The first-order valence-corrected chi connectivity index (χ1v) is 6.72. The Morgan fingerprint density at radius 3 is 2.58 bits per heavy atom. The average Bonchev–Trinajstić information content (AvgIpc) is 2.37. The fraction of sp³-hybridized carbons (Fsp3) is 0.438. The van der Waals surface area contributed by atoms with E-state index < -0.39 is 0 Å². The Kier molecular flexibility index (Phi) is 5.77. The minimum Gasteiger partial charge on any atom is -0.350 e. The van der Waals surface area contributed by atoms with Gasteiger partial charge in [-0.1, -0.05) is 36.9 Å². The summed E-state index contributed by atoms with van der Waals surface area (Å²) in [6, 6.07) is 10.7. The molecule has 0 bridgehead atoms. The zero-order valence-corrected chi connectivity index (χ0v) is 12.2. The number of nitrogens with zero attached hydrogens (tertiary/aromatic N) is 1. The van der Waals surface area contributed by atoms with Gasteiger partial charge < -0.3 is 9.80 Å². The molecule has 1 atom stereocenters. The van der Waals surface area contributed by atoms with Gasteiger partial charge in [-0.2, -0.15) is 0 Å². The molecule has 1 amide bonds. The molecule has 104 valence electrons. The Bertz CT molecular complexity index is 412. The maximum atomic E-state index is 11.2. The molecular weight excluding hydrogens is 236 g/mol. The Hall–Kier alpha value is -1.61. The van der Waals surface area contributed by atoms with Crippen molar-refractivity contribution in [2.24, 2.45) is 0 Å². The average molecular weight is 261 g/mol. The first kappa shape index (κ1) is 15.4. The van der Waals surface area contributed by atoms with Crippen molar-refractivity contribution < 1.29 is 9.28 Å². The van der Waals surface area contributed by atoms with Crippen LogP contribution in [-0.2, 0) is 11.3 Å². The summed E-state index contributed by atoms with van der Waals surface area (Å²) in [7, 11) is 4.43. The predicted octanol–water partition coefficient (Wildman–Crippen LogP) is 2.34. The molecule has 0 aromatic heterocycles. The zero-order valence-electron chi connectivity index (χ0n) is 12.2. The summed E-state index contributed by atoms with van der Waals surface area (Å²) in [6.07, 6.45) is 2.28. The normalized spacial score (nSPS) is 12.8. The second-order valence-electron chi connectivity index (χ2n) is 5.71. The first-order valence-electron chi connectivity index (χ1n) is 6.72. The Morgan fingerprint density at radius 1 is 1.37 bits per heavy atom. The van der Waals surface area contributed by atoms with Crippen molar-refractivity contribution in [1.82, 2.24) is 5.32 Å². The summed E-state index contributed by atoms with van der Waals surface area (Å²) in [5, 5.41) is 2.90. The van der Waals surface area contributed by atoms with Gasteiger partial charge in [0, 0.05) is 18.0 Å². The number of hydrogen-bond donors (Lipinski definition) is 1. The molecule has 3 heteroatoms. The van der Waals surface area contributed by atoms with Crippen molar-refractivity contribution in [2.45, 2.75) is 25.9 Å². The number of benzene rings is 1. The molecule has 0 radical (unpaired) electrons. The standard InChI is InChI=1S/C16H24N2O/c1-5-16(19)17-14(2)11-12-18(3,4)13-15-9-7-6-8-10-15/h5-10,14H,1,11-13H2,2-4H3/p+1. The third-order valence-electron chi connectivity index (χ3n) is 3.19. The van der Waals surface area contributed by atoms with Gasteiger partial charge in [0.15, 0.2) is 0 Å². The van der Waals surface area contributed by atoms with Crippen LogP contribution in [0.25, 0.3) is 0 Å². The van der Waals surface area contributed by atoms with Crippen LogP contribution in [-0.4, -0.2) is 37.1 Å². The van der Waals surface area contributed by atoms with Crippen LogP contribution in [0, 0.1) is 0 Å². The SMILES string of the molecule is C=CC(=O)NC(C)CC[N+](C)(C)Cc1ccccc1. The minimum atomic E-state index is -0.0964. The number of nitrogens with one attached hydrogen (secondary N) is 1. The second kappa shape index (κ2) is 7.10. The first-order chi connectivity index (χ1) is 8.93. The van der Waals surface area contributed by atoms with E-state index in [1.54, 1.807) is 0 Å². The molecule has 0 saturated carbocycles. The lowest BCUT2D eigenvalue weighted by molar-refractivity contribution is -0.903. The number of carbonyl (C=O) groups excluding carboxylic acids is 1. The molecule has 1 rings (SSSR count). The van der Waals surface area contributed by atoms with Crippen molar-refractivity contribution in [3.8, 4) is 0 Å². The lowest BCUT2D eigenvalue weighted by atomic mass is 10.1. The molecule has 1 aromatic rings. The van der Waals surface area contributed by atoms with E-state index in [0.717, 1.165) is 24.0 Å². The highest BCUT2D eigenvalue weighted by Gasteiger charge is 2.17. The number of hydrogen-bond acceptors (Lipinski definition) is 1. The van der Waals surface area contributed by atoms with E-state index in [-0.39, 0.29) is 11.9 Å². The monoisotopic (exact) mass is 261 g/mol. The fourth-order valence-corrected chi connectivity index (χ4v) is 2.07. The van der Waals surface area contributed by atoms with E-state index in [9.17, 15) is 4.79 Å². The summed E-state index contributed by atoms with van der Waals surface area (Å²) in [4.78, 5) is 11.2. The zero-order chi connectivity index (χ0) is 14.3. The number of carbonyl (C=O) groups is 1. The van der Waals surface area contributed by atoms with Gasteiger partial charge in [0.25, 0.3) is 0 Å². The van der Waals surface area contributed by atoms with E-state index in [1.807, 2.05) is 13.0 Å². The van der Waals surface area contributed by atoms with Gasteiger partial charge in [0.1, 0.15) is 6.54 Å². The van der Waals surface area contributed by atoms with Crippen LogP contribution in [0.3, 0.4) is 0 Å². The molecule has 0 aliphatic carbocycles. The third kappa shape index (κ3) is 6.20. The van der Waals surface area contributed by atoms with Gasteiger partial charge in [-0.05, 0) is 13.0 Å². The number of quaternary nitrogens is 1. The quantitative estimate of drug-likeness (QED) is 0.592. The summed E-state index contributed by atoms with van der Waals surface area (Å²) in [5.41, 5.74) is 1.34. The van der Waals surface area contributed by atoms with Gasteiger partial charge in [0.2, 0.25) is 5.91 Å². The van der Waals surface area contributed by atoms with Crippen molar-refractivity contribution in [2.75, 3.05) is 20.6 Å². The molecule has 0 saturated heterocycles. The largest absolute Gasteiger partial charge is 0.350 e. The van der Waals surface area contributed by atoms with Gasteiger partial charge in [-0.3, -0.25) is 4.79 Å². The van der Waals surface area contributed by atoms with E-state index in [4.69, 9.17) is 0 Å². The molecule has 0 heterocycles. The summed E-state index contributed by atoms with van der Waals surface area (Å²) in [6.45, 7) is 7.52. The summed E-state index contributed by atoms with van der Waals surface area (Å²) < 4.78 is 0.915. The highest BCUT2D eigenvalue weighted by Crippen LogP contribution is 2.10. The van der Waals surface area contributed by atoms with E-state index >= 15 is 0 Å². The van der Waals surface area contributed by atoms with Crippen molar-refractivity contribution in [1.29, 1.82) is 0 Å². The van der Waals surface area contributed by atoms with Crippen LogP contribution in [0.15, 0.2) is 43.0 Å². The highest BCUT2D eigenvalue weighted by atomic mass is 16.1. The molecule has 0 spiro atoms. The molecule has 0 aliphatic heterocycles. The van der Waals surface area contributed by atoms with Crippen LogP contribution in [0.2, 0.25) is 0 Å². The van der Waals surface area contributed by atoms with Gasteiger partial charge in [-0.15, -0.1) is 0 Å². The van der Waals surface area contributed by atoms with Crippen LogP contribution < -0.4 is 5.32 Å². The summed E-state index contributed by atoms with van der Waals surface area (Å²) in [5.74, 6) is -0.0964. The molecule has 19 heavy (non-hydrogen) atoms. The van der Waals surface area contributed by atoms with Crippen molar-refractivity contribution in [3.63, 3.8) is 0 Å². The Balaban J connectivity index is 2.42. The van der Waals surface area contributed by atoms with Gasteiger partial charge >= 0.3 is 0 Å². The van der Waals surface area contributed by atoms with Crippen molar-refractivity contribution in [3.05, 3.63) is 48.6 Å². The highest BCUT2D eigenvalue weighted by molar-refractivity contribution is 5.87. The number of amides is 1. The Morgan fingerprint density at radius 2 is 2.00 bits per heavy atom. The van der Waals surface area contributed by atoms with E-state index in [2.05, 4.69) is 50.3 Å². The van der Waals surface area contributed by atoms with Crippen LogP contribution in [0.5, 0.6) is 0 Å². The molecule has 1 unspecified atom stereocenters. The lowest BCUT2D eigenvalue weighted by Gasteiger charge is -2.31. The topological polar surface area (TPSA) is 29.1 Å². The molecule has 1 aromatic carbocycles. The molecular formula is C16H25N2O+. The van der Waals surface area contributed by atoms with Crippen LogP contribution in [0.1, 0.15) is 18.9 Å². The third-order valence-corrected chi connectivity index (χ3v) is 3.19. The molecule has 0 aliphatic rings.